The van der Waals surface area contributed by atoms with Crippen molar-refractivity contribution < 1.29 is 17.9 Å². The zero-order chi connectivity index (χ0) is 21.8. The van der Waals surface area contributed by atoms with Gasteiger partial charge in [-0.15, -0.1) is 0 Å². The molecule has 29 heavy (non-hydrogen) atoms. The Balaban J connectivity index is 2.28. The molecular formula is C22H28N2O4S. The van der Waals surface area contributed by atoms with Crippen LogP contribution < -0.4 is 10.1 Å². The lowest BCUT2D eigenvalue weighted by Gasteiger charge is -2.22. The van der Waals surface area contributed by atoms with Crippen LogP contribution in [0.5, 0.6) is 5.75 Å². The molecule has 0 unspecified atom stereocenters. The summed E-state index contributed by atoms with van der Waals surface area (Å²) in [4.78, 5) is 12.5. The van der Waals surface area contributed by atoms with Gasteiger partial charge in [-0.2, -0.15) is 0 Å². The third-order valence-electron chi connectivity index (χ3n) is 4.37. The van der Waals surface area contributed by atoms with Crippen LogP contribution in [0.1, 0.15) is 31.9 Å². The second-order valence-corrected chi connectivity index (χ2v) is 9.94. The molecule has 0 atom stereocenters. The Bertz CT molecular complexity index is 1020. The van der Waals surface area contributed by atoms with E-state index in [1.54, 1.807) is 18.2 Å². The number of benzene rings is 2. The van der Waals surface area contributed by atoms with Crippen molar-refractivity contribution in [2.45, 2.75) is 31.1 Å². The van der Waals surface area contributed by atoms with Gasteiger partial charge in [0.2, 0.25) is 15.9 Å². The Hall–Kier alpha value is -2.64. The van der Waals surface area contributed by atoms with Crippen LogP contribution in [0, 0.1) is 0 Å². The highest BCUT2D eigenvalue weighted by Crippen LogP contribution is 2.29. The van der Waals surface area contributed by atoms with Gasteiger partial charge in [0.05, 0.1) is 7.11 Å². The molecule has 6 nitrogen and oxygen atoms in total. The first-order valence-electron chi connectivity index (χ1n) is 9.16. The molecule has 2 rings (SSSR count). The van der Waals surface area contributed by atoms with E-state index in [2.05, 4.69) is 26.1 Å². The van der Waals surface area contributed by atoms with Gasteiger partial charge in [0.1, 0.15) is 10.6 Å². The topological polar surface area (TPSA) is 75.7 Å². The molecule has 0 radical (unpaired) electrons. The summed E-state index contributed by atoms with van der Waals surface area (Å²) in [5.41, 5.74) is 2.25. The number of rotatable bonds is 6. The van der Waals surface area contributed by atoms with Crippen molar-refractivity contribution in [3.8, 4) is 5.75 Å². The largest absolute Gasteiger partial charge is 0.495 e. The average molecular weight is 417 g/mol. The molecule has 0 aliphatic rings. The number of anilines is 1. The van der Waals surface area contributed by atoms with E-state index in [0.717, 1.165) is 15.6 Å². The summed E-state index contributed by atoms with van der Waals surface area (Å²) in [6.07, 6.45) is 2.95. The van der Waals surface area contributed by atoms with E-state index in [1.165, 1.54) is 33.3 Å². The Kier molecular flexibility index (Phi) is 6.87. The minimum Gasteiger partial charge on any atom is -0.495 e. The van der Waals surface area contributed by atoms with Crippen molar-refractivity contribution >= 4 is 27.7 Å². The zero-order valence-corrected chi connectivity index (χ0v) is 18.5. The minimum absolute atomic E-state index is 0.0469. The summed E-state index contributed by atoms with van der Waals surface area (Å²) >= 11 is 0. The minimum atomic E-state index is -3.68. The van der Waals surface area contributed by atoms with E-state index in [4.69, 9.17) is 4.74 Å². The van der Waals surface area contributed by atoms with E-state index in [9.17, 15) is 13.2 Å². The van der Waals surface area contributed by atoms with Gasteiger partial charge in [-0.3, -0.25) is 4.79 Å². The molecule has 0 saturated heterocycles. The number of ether oxygens (including phenoxy) is 1. The van der Waals surface area contributed by atoms with Gasteiger partial charge in [0.25, 0.3) is 0 Å². The summed E-state index contributed by atoms with van der Waals surface area (Å²) in [6.45, 7) is 6.24. The van der Waals surface area contributed by atoms with Crippen LogP contribution in [0.25, 0.3) is 6.08 Å². The summed E-state index contributed by atoms with van der Waals surface area (Å²) < 4.78 is 31.3. The second-order valence-electron chi connectivity index (χ2n) is 7.82. The lowest BCUT2D eigenvalue weighted by Crippen LogP contribution is -2.22. The molecule has 0 aromatic heterocycles. The molecule has 0 spiro atoms. The fourth-order valence-corrected chi connectivity index (χ4v) is 3.87. The normalized spacial score (nSPS) is 12.4. The number of amides is 1. The molecule has 156 valence electrons. The van der Waals surface area contributed by atoms with Crippen molar-refractivity contribution in [2.75, 3.05) is 26.5 Å². The van der Waals surface area contributed by atoms with Crippen LogP contribution >= 0.6 is 0 Å². The van der Waals surface area contributed by atoms with Crippen molar-refractivity contribution in [1.82, 2.24) is 4.31 Å². The van der Waals surface area contributed by atoms with Crippen molar-refractivity contribution in [2.24, 2.45) is 0 Å². The molecule has 0 saturated carbocycles. The predicted molar refractivity (Wildman–Crippen MR) is 117 cm³/mol. The Morgan fingerprint density at radius 2 is 1.76 bits per heavy atom. The highest BCUT2D eigenvalue weighted by Gasteiger charge is 2.22. The van der Waals surface area contributed by atoms with Crippen LogP contribution in [0.3, 0.4) is 0 Å². The molecule has 0 heterocycles. The Morgan fingerprint density at radius 1 is 1.10 bits per heavy atom. The maximum atomic E-state index is 12.5. The van der Waals surface area contributed by atoms with Crippen LogP contribution in [-0.4, -0.2) is 39.8 Å². The van der Waals surface area contributed by atoms with Gasteiger partial charge in [0.15, 0.2) is 0 Å². The van der Waals surface area contributed by atoms with E-state index < -0.39 is 10.0 Å². The van der Waals surface area contributed by atoms with Gasteiger partial charge in [-0.1, -0.05) is 45.0 Å². The third-order valence-corrected chi connectivity index (χ3v) is 6.20. The molecule has 0 fully saturated rings. The van der Waals surface area contributed by atoms with Crippen LogP contribution in [0.2, 0.25) is 0 Å². The third kappa shape index (κ3) is 5.46. The standard InChI is InChI=1S/C22H28N2O4S/c1-22(2,3)17-9-7-8-10-18(17)23-21(25)14-12-16-11-13-19(28-6)20(15-16)29(26,27)24(4)5/h7-15H,1-6H3,(H,23,25)/b14-12+. The number of nitrogens with zero attached hydrogens (tertiary/aromatic N) is 1. The fraction of sp³-hybridized carbons (Fsp3) is 0.318. The summed E-state index contributed by atoms with van der Waals surface area (Å²) in [6, 6.07) is 12.4. The molecule has 0 aliphatic heterocycles. The number of hydrogen-bond acceptors (Lipinski definition) is 4. The molecular weight excluding hydrogens is 388 g/mol. The summed E-state index contributed by atoms with van der Waals surface area (Å²) in [5.74, 6) is -0.0473. The van der Waals surface area contributed by atoms with E-state index in [-0.39, 0.29) is 22.0 Å². The van der Waals surface area contributed by atoms with E-state index >= 15 is 0 Å². The number of carbonyl (C=O) groups is 1. The average Bonchev–Trinajstić information content (AvgIpc) is 2.65. The number of sulfonamides is 1. The highest BCUT2D eigenvalue weighted by atomic mass is 32.2. The van der Waals surface area contributed by atoms with Crippen LogP contribution in [0.4, 0.5) is 5.69 Å². The number of methoxy groups -OCH3 is 1. The predicted octanol–water partition coefficient (Wildman–Crippen LogP) is 3.89. The van der Waals surface area contributed by atoms with Gasteiger partial charge in [0, 0.05) is 25.9 Å². The number of para-hydroxylation sites is 1. The van der Waals surface area contributed by atoms with Gasteiger partial charge in [-0.25, -0.2) is 12.7 Å². The fourth-order valence-electron chi connectivity index (χ4n) is 2.79. The molecule has 2 aromatic rings. The quantitative estimate of drug-likeness (QED) is 0.725. The molecule has 1 amide bonds. The van der Waals surface area contributed by atoms with Gasteiger partial charge >= 0.3 is 0 Å². The summed E-state index contributed by atoms with van der Waals surface area (Å²) in [5, 5.41) is 2.90. The van der Waals surface area contributed by atoms with E-state index in [0.29, 0.717) is 5.56 Å². The monoisotopic (exact) mass is 416 g/mol. The van der Waals surface area contributed by atoms with Crippen molar-refractivity contribution in [1.29, 1.82) is 0 Å². The highest BCUT2D eigenvalue weighted by molar-refractivity contribution is 7.89. The maximum absolute atomic E-state index is 12.5. The first-order valence-corrected chi connectivity index (χ1v) is 10.6. The number of carbonyl (C=O) groups excluding carboxylic acids is 1. The Labute approximate surface area is 173 Å². The molecule has 1 N–H and O–H groups in total. The lowest BCUT2D eigenvalue weighted by molar-refractivity contribution is -0.111. The maximum Gasteiger partial charge on any atom is 0.248 e. The van der Waals surface area contributed by atoms with Crippen molar-refractivity contribution in [3.63, 3.8) is 0 Å². The number of hydrogen-bond donors (Lipinski definition) is 1. The van der Waals surface area contributed by atoms with Gasteiger partial charge < -0.3 is 10.1 Å². The van der Waals surface area contributed by atoms with Gasteiger partial charge in [-0.05, 0) is 40.8 Å². The van der Waals surface area contributed by atoms with Crippen LogP contribution in [-0.2, 0) is 20.2 Å². The molecule has 0 bridgehead atoms. The SMILES string of the molecule is COc1ccc(/C=C/C(=O)Nc2ccccc2C(C)(C)C)cc1S(=O)(=O)N(C)C. The smallest absolute Gasteiger partial charge is 0.248 e. The van der Waals surface area contributed by atoms with E-state index in [1.807, 2.05) is 24.3 Å². The molecule has 7 heteroatoms. The second kappa shape index (κ2) is 8.80. The Morgan fingerprint density at radius 3 is 2.34 bits per heavy atom. The first-order chi connectivity index (χ1) is 13.5. The number of nitrogens with one attached hydrogen (secondary N) is 1. The van der Waals surface area contributed by atoms with Crippen molar-refractivity contribution in [3.05, 3.63) is 59.7 Å². The molecule has 0 aliphatic carbocycles. The first kappa shape index (κ1) is 22.6. The van der Waals surface area contributed by atoms with Crippen LogP contribution in [0.15, 0.2) is 53.4 Å². The molecule has 2 aromatic carbocycles. The summed E-state index contributed by atoms with van der Waals surface area (Å²) in [7, 11) is 0.650. The lowest BCUT2D eigenvalue weighted by atomic mass is 9.86. The zero-order valence-electron chi connectivity index (χ0n) is 17.7.